The van der Waals surface area contributed by atoms with Crippen LogP contribution in [0.15, 0.2) is 84.9 Å². The molecule has 31 heavy (non-hydrogen) atoms. The maximum atomic E-state index is 14.2. The molecule has 0 saturated carbocycles. The Morgan fingerprint density at radius 2 is 1.48 bits per heavy atom. The molecular formula is C26H30NO3P. The highest BCUT2D eigenvalue weighted by molar-refractivity contribution is 7.67. The predicted molar refractivity (Wildman–Crippen MR) is 127 cm³/mol. The zero-order chi connectivity index (χ0) is 22.3. The largest absolute Gasteiger partial charge is 0.339 e. The van der Waals surface area contributed by atoms with Crippen molar-refractivity contribution in [3.05, 3.63) is 102 Å². The van der Waals surface area contributed by atoms with Crippen LogP contribution >= 0.6 is 7.37 Å². The summed E-state index contributed by atoms with van der Waals surface area (Å²) in [6, 6.07) is 26.4. The molecule has 4 nitrogen and oxygen atoms in total. The molecule has 1 N–H and O–H groups in total. The molecule has 162 valence electrons. The fourth-order valence-corrected chi connectivity index (χ4v) is 5.91. The molecule has 0 aliphatic carbocycles. The van der Waals surface area contributed by atoms with Crippen molar-refractivity contribution in [2.45, 2.75) is 38.9 Å². The van der Waals surface area contributed by atoms with Gasteiger partial charge in [-0.05, 0) is 48.2 Å². The van der Waals surface area contributed by atoms with E-state index in [1.54, 1.807) is 24.3 Å². The molecule has 0 aliphatic heterocycles. The summed E-state index contributed by atoms with van der Waals surface area (Å²) in [6.45, 7) is 6.41. The second-order valence-electron chi connectivity index (χ2n) is 7.81. The van der Waals surface area contributed by atoms with E-state index < -0.39 is 13.2 Å². The molecule has 3 rings (SSSR count). The van der Waals surface area contributed by atoms with Crippen LogP contribution in [0.25, 0.3) is 0 Å². The summed E-state index contributed by atoms with van der Waals surface area (Å²) in [4.78, 5) is 13.0. The van der Waals surface area contributed by atoms with Crippen molar-refractivity contribution >= 4 is 18.6 Å². The molecular weight excluding hydrogens is 405 g/mol. The molecule has 0 fully saturated rings. The minimum absolute atomic E-state index is 0.264. The van der Waals surface area contributed by atoms with Gasteiger partial charge in [-0.1, -0.05) is 74.5 Å². The van der Waals surface area contributed by atoms with Crippen LogP contribution in [0.4, 0.5) is 0 Å². The number of benzene rings is 3. The van der Waals surface area contributed by atoms with Crippen molar-refractivity contribution in [3.8, 4) is 0 Å². The van der Waals surface area contributed by atoms with E-state index in [4.69, 9.17) is 4.52 Å². The quantitative estimate of drug-likeness (QED) is 0.436. The molecule has 1 amide bonds. The SMILES string of the molecule is CCOP(=O)(c1ccccc1)C(Cc1ccc(C(C)C)cc1)NC(=O)c1ccccc1. The fraction of sp³-hybridized carbons (Fsp3) is 0.269. The van der Waals surface area contributed by atoms with Gasteiger partial charge in [0.1, 0.15) is 5.78 Å². The van der Waals surface area contributed by atoms with Gasteiger partial charge in [0.25, 0.3) is 13.3 Å². The van der Waals surface area contributed by atoms with E-state index in [-0.39, 0.29) is 12.5 Å². The van der Waals surface area contributed by atoms with Crippen molar-refractivity contribution in [1.29, 1.82) is 0 Å². The van der Waals surface area contributed by atoms with Crippen LogP contribution in [-0.4, -0.2) is 18.3 Å². The fourth-order valence-electron chi connectivity index (χ4n) is 3.51. The normalized spacial score (nSPS) is 14.1. The van der Waals surface area contributed by atoms with Crippen molar-refractivity contribution in [2.24, 2.45) is 0 Å². The Morgan fingerprint density at radius 1 is 0.903 bits per heavy atom. The van der Waals surface area contributed by atoms with Gasteiger partial charge in [0, 0.05) is 17.3 Å². The van der Waals surface area contributed by atoms with Gasteiger partial charge in [0.05, 0.1) is 6.61 Å². The monoisotopic (exact) mass is 435 g/mol. The minimum Gasteiger partial charge on any atom is -0.339 e. The van der Waals surface area contributed by atoms with Gasteiger partial charge < -0.3 is 9.84 Å². The summed E-state index contributed by atoms with van der Waals surface area (Å²) in [5.74, 6) is -0.519. The van der Waals surface area contributed by atoms with Crippen LogP contribution in [0.2, 0.25) is 0 Å². The third-order valence-electron chi connectivity index (χ3n) is 5.26. The van der Waals surface area contributed by atoms with Gasteiger partial charge in [0.2, 0.25) is 0 Å². The average Bonchev–Trinajstić information content (AvgIpc) is 2.80. The number of amides is 1. The van der Waals surface area contributed by atoms with E-state index in [1.807, 2.05) is 55.5 Å². The Morgan fingerprint density at radius 3 is 2.03 bits per heavy atom. The van der Waals surface area contributed by atoms with Gasteiger partial charge in [-0.3, -0.25) is 9.36 Å². The van der Waals surface area contributed by atoms with Crippen LogP contribution in [0.5, 0.6) is 0 Å². The summed E-state index contributed by atoms with van der Waals surface area (Å²) in [6.07, 6.45) is 0.406. The van der Waals surface area contributed by atoms with Crippen LogP contribution in [-0.2, 0) is 15.5 Å². The average molecular weight is 436 g/mol. The molecule has 5 heteroatoms. The number of carbonyl (C=O) groups is 1. The highest BCUT2D eigenvalue weighted by Gasteiger charge is 2.37. The van der Waals surface area contributed by atoms with E-state index >= 15 is 0 Å². The minimum atomic E-state index is -3.38. The lowest BCUT2D eigenvalue weighted by Gasteiger charge is -2.28. The molecule has 3 aromatic carbocycles. The highest BCUT2D eigenvalue weighted by Crippen LogP contribution is 2.50. The lowest BCUT2D eigenvalue weighted by molar-refractivity contribution is 0.0945. The number of carbonyl (C=O) groups excluding carboxylic acids is 1. The first-order chi connectivity index (χ1) is 14.9. The molecule has 0 spiro atoms. The second kappa shape index (κ2) is 10.6. The van der Waals surface area contributed by atoms with E-state index in [1.165, 1.54) is 5.56 Å². The maximum Gasteiger partial charge on any atom is 0.254 e. The summed E-state index contributed by atoms with van der Waals surface area (Å²) in [7, 11) is -3.38. The Labute approximate surface area is 185 Å². The molecule has 0 radical (unpaired) electrons. The van der Waals surface area contributed by atoms with Gasteiger partial charge in [0.15, 0.2) is 0 Å². The molecule has 0 saturated heterocycles. The highest BCUT2D eigenvalue weighted by atomic mass is 31.2. The Balaban J connectivity index is 1.97. The van der Waals surface area contributed by atoms with E-state index in [9.17, 15) is 9.36 Å². The van der Waals surface area contributed by atoms with Crippen molar-refractivity contribution in [3.63, 3.8) is 0 Å². The van der Waals surface area contributed by atoms with Gasteiger partial charge in [-0.25, -0.2) is 0 Å². The molecule has 0 aliphatic rings. The zero-order valence-electron chi connectivity index (χ0n) is 18.3. The van der Waals surface area contributed by atoms with Crippen LogP contribution in [0.3, 0.4) is 0 Å². The first kappa shape index (κ1) is 23.0. The summed E-state index contributed by atoms with van der Waals surface area (Å²) >= 11 is 0. The molecule has 0 bridgehead atoms. The van der Waals surface area contributed by atoms with Gasteiger partial charge in [-0.2, -0.15) is 0 Å². The molecule has 0 aromatic heterocycles. The van der Waals surface area contributed by atoms with Crippen molar-refractivity contribution in [2.75, 3.05) is 6.61 Å². The Hall–Kier alpha value is -2.68. The third kappa shape index (κ3) is 5.72. The summed E-state index contributed by atoms with van der Waals surface area (Å²) in [5.41, 5.74) is 2.77. The molecule has 3 aromatic rings. The van der Waals surface area contributed by atoms with Crippen molar-refractivity contribution < 1.29 is 13.9 Å². The smallest absolute Gasteiger partial charge is 0.254 e. The zero-order valence-corrected chi connectivity index (χ0v) is 19.2. The van der Waals surface area contributed by atoms with Crippen molar-refractivity contribution in [1.82, 2.24) is 5.32 Å². The van der Waals surface area contributed by atoms with Crippen LogP contribution in [0, 0.1) is 0 Å². The lowest BCUT2D eigenvalue weighted by Crippen LogP contribution is -2.39. The summed E-state index contributed by atoms with van der Waals surface area (Å²) in [5, 5.41) is 3.62. The van der Waals surface area contributed by atoms with Gasteiger partial charge in [-0.15, -0.1) is 0 Å². The second-order valence-corrected chi connectivity index (χ2v) is 10.4. The van der Waals surface area contributed by atoms with Crippen LogP contribution < -0.4 is 10.6 Å². The van der Waals surface area contributed by atoms with E-state index in [2.05, 4.69) is 31.3 Å². The standard InChI is InChI=1S/C26H30NO3P/c1-4-30-31(29,24-13-9-6-10-14-24)25(27-26(28)23-11-7-5-8-12-23)19-21-15-17-22(18-16-21)20(2)3/h5-18,20,25H,4,19H2,1-3H3,(H,27,28). The first-order valence-corrected chi connectivity index (χ1v) is 12.4. The van der Waals surface area contributed by atoms with E-state index in [0.717, 1.165) is 5.56 Å². The Bertz CT molecular complexity index is 1020. The molecule has 2 unspecified atom stereocenters. The lowest BCUT2D eigenvalue weighted by atomic mass is 10.0. The number of rotatable bonds is 9. The molecule has 0 heterocycles. The summed E-state index contributed by atoms with van der Waals surface area (Å²) < 4.78 is 20.1. The number of hydrogen-bond donors (Lipinski definition) is 1. The predicted octanol–water partition coefficient (Wildman–Crippen LogP) is 5.75. The topological polar surface area (TPSA) is 55.4 Å². The van der Waals surface area contributed by atoms with Gasteiger partial charge >= 0.3 is 0 Å². The number of nitrogens with one attached hydrogen (secondary N) is 1. The third-order valence-corrected chi connectivity index (χ3v) is 8.05. The van der Waals surface area contributed by atoms with E-state index in [0.29, 0.717) is 23.2 Å². The van der Waals surface area contributed by atoms with Crippen LogP contribution in [0.1, 0.15) is 48.2 Å². The number of hydrogen-bond acceptors (Lipinski definition) is 3. The maximum absolute atomic E-state index is 14.2. The molecule has 2 atom stereocenters. The first-order valence-electron chi connectivity index (χ1n) is 10.7. The Kier molecular flexibility index (Phi) is 7.84.